The van der Waals surface area contributed by atoms with Crippen molar-refractivity contribution in [1.82, 2.24) is 14.8 Å². The molecule has 1 heterocycles. The van der Waals surface area contributed by atoms with Gasteiger partial charge in [0.25, 0.3) is 0 Å². The van der Waals surface area contributed by atoms with Crippen molar-refractivity contribution >= 4 is 23.4 Å². The van der Waals surface area contributed by atoms with Crippen molar-refractivity contribution in [3.63, 3.8) is 0 Å². The van der Waals surface area contributed by atoms with Gasteiger partial charge in [-0.3, -0.25) is 9.36 Å². The lowest BCUT2D eigenvalue weighted by atomic mass is 10.1. The first-order valence-corrected chi connectivity index (χ1v) is 9.21. The minimum absolute atomic E-state index is 0.0137. The Morgan fingerprint density at radius 2 is 1.89 bits per heavy atom. The molecule has 140 valence electrons. The normalized spacial score (nSPS) is 10.9. The van der Waals surface area contributed by atoms with Crippen LogP contribution in [0.15, 0.2) is 41.6 Å². The zero-order valence-electron chi connectivity index (χ0n) is 15.1. The van der Waals surface area contributed by atoms with E-state index < -0.39 is 17.5 Å². The molecule has 0 saturated carbocycles. The summed E-state index contributed by atoms with van der Waals surface area (Å²) in [4.78, 5) is 12.1. The van der Waals surface area contributed by atoms with Gasteiger partial charge >= 0.3 is 0 Å². The fourth-order valence-corrected chi connectivity index (χ4v) is 3.37. The Labute approximate surface area is 159 Å². The molecular formula is C19H18F2N4OS. The molecule has 0 bridgehead atoms. The number of hydrogen-bond donors (Lipinski definition) is 1. The maximum Gasteiger partial charge on any atom is 0.234 e. The molecule has 3 rings (SSSR count). The van der Waals surface area contributed by atoms with Crippen molar-refractivity contribution in [2.24, 2.45) is 0 Å². The van der Waals surface area contributed by atoms with E-state index in [1.807, 2.05) is 43.5 Å². The minimum atomic E-state index is -0.817. The Morgan fingerprint density at radius 1 is 1.11 bits per heavy atom. The van der Waals surface area contributed by atoms with Crippen molar-refractivity contribution in [2.45, 2.75) is 25.9 Å². The average Bonchev–Trinajstić information content (AvgIpc) is 2.98. The zero-order chi connectivity index (χ0) is 19.6. The highest BCUT2D eigenvalue weighted by molar-refractivity contribution is 7.99. The molecule has 8 heteroatoms. The van der Waals surface area contributed by atoms with Crippen LogP contribution < -0.4 is 5.32 Å². The molecule has 1 amide bonds. The van der Waals surface area contributed by atoms with Gasteiger partial charge in [-0.2, -0.15) is 0 Å². The molecule has 0 unspecified atom stereocenters. The van der Waals surface area contributed by atoms with Crippen LogP contribution in [0.5, 0.6) is 0 Å². The van der Waals surface area contributed by atoms with Crippen LogP contribution in [0.1, 0.15) is 17.0 Å². The van der Waals surface area contributed by atoms with Gasteiger partial charge in [-0.05, 0) is 50.1 Å². The second-order valence-electron chi connectivity index (χ2n) is 6.12. The summed E-state index contributed by atoms with van der Waals surface area (Å²) in [5.41, 5.74) is 3.05. The third kappa shape index (κ3) is 4.33. The van der Waals surface area contributed by atoms with Gasteiger partial charge in [0.15, 0.2) is 5.16 Å². The molecule has 0 atom stereocenters. The van der Waals surface area contributed by atoms with Crippen molar-refractivity contribution in [3.8, 4) is 5.69 Å². The van der Waals surface area contributed by atoms with E-state index in [1.165, 1.54) is 17.8 Å². The Balaban J connectivity index is 1.75. The number of nitrogens with zero attached hydrogens (tertiary/aromatic N) is 3. The molecule has 3 aromatic rings. The molecule has 1 N–H and O–H groups in total. The van der Waals surface area contributed by atoms with Crippen molar-refractivity contribution in [3.05, 3.63) is 65.0 Å². The lowest BCUT2D eigenvalue weighted by Crippen LogP contribution is -2.15. The number of amides is 1. The van der Waals surface area contributed by atoms with Crippen molar-refractivity contribution in [1.29, 1.82) is 0 Å². The standard InChI is InChI=1S/C19H18F2N4OS/c1-11-4-5-12(2)17(8-11)25-13(3)23-24-19(25)27-10-18(26)22-16-7-6-14(20)9-15(16)21/h4-9H,10H2,1-3H3,(H,22,26). The summed E-state index contributed by atoms with van der Waals surface area (Å²) in [6.07, 6.45) is 0. The minimum Gasteiger partial charge on any atom is -0.323 e. The number of hydrogen-bond acceptors (Lipinski definition) is 4. The number of aromatic nitrogens is 3. The van der Waals surface area contributed by atoms with Gasteiger partial charge in [-0.15, -0.1) is 10.2 Å². The van der Waals surface area contributed by atoms with Gasteiger partial charge in [0.2, 0.25) is 5.91 Å². The largest absolute Gasteiger partial charge is 0.323 e. The lowest BCUT2D eigenvalue weighted by Gasteiger charge is -2.12. The van der Waals surface area contributed by atoms with Crippen LogP contribution in [-0.2, 0) is 4.79 Å². The Kier molecular flexibility index (Phi) is 5.55. The number of thioether (sulfide) groups is 1. The van der Waals surface area contributed by atoms with Crippen LogP contribution >= 0.6 is 11.8 Å². The van der Waals surface area contributed by atoms with Gasteiger partial charge < -0.3 is 5.32 Å². The molecule has 0 aliphatic heterocycles. The van der Waals surface area contributed by atoms with Crippen LogP contribution in [0.25, 0.3) is 5.69 Å². The van der Waals surface area contributed by atoms with Crippen LogP contribution in [0.3, 0.4) is 0 Å². The number of benzene rings is 2. The number of carbonyl (C=O) groups excluding carboxylic acids is 1. The van der Waals surface area contributed by atoms with E-state index in [0.29, 0.717) is 11.0 Å². The number of carbonyl (C=O) groups is 1. The van der Waals surface area contributed by atoms with Gasteiger partial charge in [0.1, 0.15) is 17.5 Å². The van der Waals surface area contributed by atoms with Gasteiger partial charge in [-0.1, -0.05) is 23.9 Å². The molecule has 5 nitrogen and oxygen atoms in total. The average molecular weight is 388 g/mol. The monoisotopic (exact) mass is 388 g/mol. The maximum absolute atomic E-state index is 13.7. The van der Waals surface area contributed by atoms with E-state index in [9.17, 15) is 13.6 Å². The van der Waals surface area contributed by atoms with E-state index in [0.717, 1.165) is 28.9 Å². The summed E-state index contributed by atoms with van der Waals surface area (Å²) in [5, 5.41) is 11.3. The first-order valence-electron chi connectivity index (χ1n) is 8.22. The smallest absolute Gasteiger partial charge is 0.234 e. The molecule has 0 aliphatic carbocycles. The fourth-order valence-electron chi connectivity index (χ4n) is 2.58. The number of anilines is 1. The van der Waals surface area contributed by atoms with Crippen LogP contribution in [0, 0.1) is 32.4 Å². The second-order valence-corrected chi connectivity index (χ2v) is 7.06. The number of rotatable bonds is 5. The van der Waals surface area contributed by atoms with E-state index in [4.69, 9.17) is 0 Å². The third-order valence-electron chi connectivity index (χ3n) is 3.94. The maximum atomic E-state index is 13.7. The quantitative estimate of drug-likeness (QED) is 0.666. The number of halogens is 2. The van der Waals surface area contributed by atoms with Gasteiger partial charge in [0.05, 0.1) is 17.1 Å². The summed E-state index contributed by atoms with van der Waals surface area (Å²) >= 11 is 1.19. The summed E-state index contributed by atoms with van der Waals surface area (Å²) in [5.74, 6) is -1.21. The molecule has 2 aromatic carbocycles. The predicted octanol–water partition coefficient (Wildman–Crippen LogP) is 4.20. The van der Waals surface area contributed by atoms with Crippen LogP contribution in [0.4, 0.5) is 14.5 Å². The van der Waals surface area contributed by atoms with E-state index >= 15 is 0 Å². The Bertz CT molecular complexity index is 1000. The highest BCUT2D eigenvalue weighted by Gasteiger charge is 2.16. The number of nitrogens with one attached hydrogen (secondary N) is 1. The first-order chi connectivity index (χ1) is 12.8. The second kappa shape index (κ2) is 7.87. The zero-order valence-corrected chi connectivity index (χ0v) is 15.9. The molecule has 0 fully saturated rings. The van der Waals surface area contributed by atoms with E-state index in [-0.39, 0.29) is 11.4 Å². The van der Waals surface area contributed by atoms with E-state index in [2.05, 4.69) is 15.5 Å². The highest BCUT2D eigenvalue weighted by Crippen LogP contribution is 2.25. The van der Waals surface area contributed by atoms with Crippen molar-refractivity contribution < 1.29 is 13.6 Å². The Hall–Kier alpha value is -2.74. The SMILES string of the molecule is Cc1ccc(C)c(-n2c(C)nnc2SCC(=O)Nc2ccc(F)cc2F)c1. The number of aryl methyl sites for hydroxylation is 3. The lowest BCUT2D eigenvalue weighted by molar-refractivity contribution is -0.113. The van der Waals surface area contributed by atoms with Crippen LogP contribution in [0.2, 0.25) is 0 Å². The first kappa shape index (κ1) is 19.0. The molecular weight excluding hydrogens is 370 g/mol. The predicted molar refractivity (Wildman–Crippen MR) is 101 cm³/mol. The third-order valence-corrected chi connectivity index (χ3v) is 4.87. The molecule has 0 saturated heterocycles. The van der Waals surface area contributed by atoms with E-state index in [1.54, 1.807) is 0 Å². The summed E-state index contributed by atoms with van der Waals surface area (Å²) in [7, 11) is 0. The molecule has 0 aliphatic rings. The van der Waals surface area contributed by atoms with Gasteiger partial charge in [-0.25, -0.2) is 8.78 Å². The molecule has 27 heavy (non-hydrogen) atoms. The summed E-state index contributed by atoms with van der Waals surface area (Å²) in [6.45, 7) is 5.83. The van der Waals surface area contributed by atoms with Gasteiger partial charge in [0, 0.05) is 6.07 Å². The molecule has 1 aromatic heterocycles. The topological polar surface area (TPSA) is 59.8 Å². The van der Waals surface area contributed by atoms with Crippen molar-refractivity contribution in [2.75, 3.05) is 11.1 Å². The molecule has 0 radical (unpaired) electrons. The fraction of sp³-hybridized carbons (Fsp3) is 0.211. The summed E-state index contributed by atoms with van der Waals surface area (Å²) in [6, 6.07) is 9.08. The Morgan fingerprint density at radius 3 is 2.63 bits per heavy atom. The molecule has 0 spiro atoms. The highest BCUT2D eigenvalue weighted by atomic mass is 32.2. The summed E-state index contributed by atoms with van der Waals surface area (Å²) < 4.78 is 28.5. The van der Waals surface area contributed by atoms with Crippen LogP contribution in [-0.4, -0.2) is 26.4 Å².